The maximum Gasteiger partial charge on any atom is 0.260 e. The number of halogens is 2. The van der Waals surface area contributed by atoms with E-state index in [4.69, 9.17) is 5.73 Å². The first-order valence-electron chi connectivity index (χ1n) is 5.44. The Balaban J connectivity index is 3.24. The number of carbonyl (C=O) groups excluding carboxylic acids is 1. The zero-order valence-electron chi connectivity index (χ0n) is 10.1. The van der Waals surface area contributed by atoms with Gasteiger partial charge in [0, 0.05) is 12.6 Å². The summed E-state index contributed by atoms with van der Waals surface area (Å²) in [7, 11) is 0. The van der Waals surface area contributed by atoms with E-state index in [0.29, 0.717) is 6.54 Å². The van der Waals surface area contributed by atoms with E-state index in [-0.39, 0.29) is 11.7 Å². The molecular weight excluding hydrogens is 226 g/mol. The lowest BCUT2D eigenvalue weighted by Crippen LogP contribution is -2.37. The topological polar surface area (TPSA) is 46.3 Å². The van der Waals surface area contributed by atoms with Crippen LogP contribution in [0.5, 0.6) is 0 Å². The van der Waals surface area contributed by atoms with Gasteiger partial charge in [0.25, 0.3) is 5.91 Å². The monoisotopic (exact) mass is 242 g/mol. The number of anilines is 1. The molecule has 1 aromatic carbocycles. The normalized spacial score (nSPS) is 10.7. The molecule has 0 aliphatic carbocycles. The van der Waals surface area contributed by atoms with Crippen LogP contribution >= 0.6 is 0 Å². The number of hydrogen-bond acceptors (Lipinski definition) is 2. The second-order valence-corrected chi connectivity index (χ2v) is 4.01. The van der Waals surface area contributed by atoms with Gasteiger partial charge in [-0.3, -0.25) is 4.79 Å². The Bertz CT molecular complexity index is 433. The number of hydrogen-bond donors (Lipinski definition) is 1. The summed E-state index contributed by atoms with van der Waals surface area (Å²) in [5, 5.41) is 0. The lowest BCUT2D eigenvalue weighted by Gasteiger charge is -2.25. The summed E-state index contributed by atoms with van der Waals surface area (Å²) in [6.45, 7) is 5.69. The van der Waals surface area contributed by atoms with E-state index >= 15 is 0 Å². The zero-order chi connectivity index (χ0) is 13.2. The van der Waals surface area contributed by atoms with Crippen molar-refractivity contribution in [1.29, 1.82) is 0 Å². The summed E-state index contributed by atoms with van der Waals surface area (Å²) >= 11 is 0. The molecule has 0 radical (unpaired) electrons. The van der Waals surface area contributed by atoms with Gasteiger partial charge in [0.15, 0.2) is 5.82 Å². The van der Waals surface area contributed by atoms with Gasteiger partial charge >= 0.3 is 0 Å². The van der Waals surface area contributed by atoms with Crippen molar-refractivity contribution in [3.63, 3.8) is 0 Å². The van der Waals surface area contributed by atoms with Crippen LogP contribution < -0.4 is 5.73 Å². The second-order valence-electron chi connectivity index (χ2n) is 4.01. The molecule has 3 nitrogen and oxygen atoms in total. The van der Waals surface area contributed by atoms with Gasteiger partial charge in [0.1, 0.15) is 11.4 Å². The summed E-state index contributed by atoms with van der Waals surface area (Å²) in [6.07, 6.45) is 0. The highest BCUT2D eigenvalue weighted by molar-refractivity contribution is 5.95. The minimum atomic E-state index is -0.992. The number of nitrogens with zero attached hydrogens (tertiary/aromatic N) is 1. The SMILES string of the molecule is CCN(C(=O)c1c(F)ccc(N)c1F)C(C)C. The number of rotatable bonds is 3. The molecule has 0 heterocycles. The number of nitrogens with two attached hydrogens (primary N) is 1. The fourth-order valence-corrected chi connectivity index (χ4v) is 1.65. The molecule has 1 amide bonds. The summed E-state index contributed by atoms with van der Waals surface area (Å²) in [6, 6.07) is 1.97. The van der Waals surface area contributed by atoms with Gasteiger partial charge in [-0.05, 0) is 32.9 Å². The quantitative estimate of drug-likeness (QED) is 0.827. The van der Waals surface area contributed by atoms with E-state index in [9.17, 15) is 13.6 Å². The van der Waals surface area contributed by atoms with Gasteiger partial charge in [-0.2, -0.15) is 0 Å². The third-order valence-corrected chi connectivity index (χ3v) is 2.56. The first-order valence-corrected chi connectivity index (χ1v) is 5.44. The molecule has 5 heteroatoms. The molecule has 1 aromatic rings. The molecule has 0 spiro atoms. The van der Waals surface area contributed by atoms with E-state index in [1.165, 1.54) is 4.90 Å². The van der Waals surface area contributed by atoms with Gasteiger partial charge < -0.3 is 10.6 Å². The fourth-order valence-electron chi connectivity index (χ4n) is 1.65. The van der Waals surface area contributed by atoms with Gasteiger partial charge in [-0.25, -0.2) is 8.78 Å². The van der Waals surface area contributed by atoms with Gasteiger partial charge in [-0.1, -0.05) is 0 Å². The molecule has 0 aliphatic rings. The van der Waals surface area contributed by atoms with E-state index < -0.39 is 23.1 Å². The van der Waals surface area contributed by atoms with Crippen LogP contribution in [0.25, 0.3) is 0 Å². The highest BCUT2D eigenvalue weighted by atomic mass is 19.1. The van der Waals surface area contributed by atoms with Crippen molar-refractivity contribution in [1.82, 2.24) is 4.90 Å². The van der Waals surface area contributed by atoms with Crippen molar-refractivity contribution in [3.8, 4) is 0 Å². The van der Waals surface area contributed by atoms with E-state index in [1.54, 1.807) is 20.8 Å². The van der Waals surface area contributed by atoms with Crippen LogP contribution in [0.2, 0.25) is 0 Å². The van der Waals surface area contributed by atoms with Gasteiger partial charge in [-0.15, -0.1) is 0 Å². The minimum Gasteiger partial charge on any atom is -0.396 e. The molecule has 0 saturated carbocycles. The average Bonchev–Trinajstić information content (AvgIpc) is 2.24. The summed E-state index contributed by atoms with van der Waals surface area (Å²) in [4.78, 5) is 13.4. The first kappa shape index (κ1) is 13.4. The van der Waals surface area contributed by atoms with Crippen LogP contribution in [0.15, 0.2) is 12.1 Å². The third kappa shape index (κ3) is 2.54. The van der Waals surface area contributed by atoms with Crippen LogP contribution in [0.4, 0.5) is 14.5 Å². The van der Waals surface area contributed by atoms with E-state index in [1.807, 2.05) is 0 Å². The van der Waals surface area contributed by atoms with Gasteiger partial charge in [0.05, 0.1) is 5.69 Å². The highest BCUT2D eigenvalue weighted by Crippen LogP contribution is 2.21. The number of nitrogen functional groups attached to an aromatic ring is 1. The fraction of sp³-hybridized carbons (Fsp3) is 0.417. The smallest absolute Gasteiger partial charge is 0.260 e. The van der Waals surface area contributed by atoms with Crippen LogP contribution in [0.3, 0.4) is 0 Å². The third-order valence-electron chi connectivity index (χ3n) is 2.56. The highest BCUT2D eigenvalue weighted by Gasteiger charge is 2.25. The Morgan fingerprint density at radius 3 is 2.47 bits per heavy atom. The van der Waals surface area contributed by atoms with Crippen LogP contribution in [0, 0.1) is 11.6 Å². The lowest BCUT2D eigenvalue weighted by molar-refractivity contribution is 0.0707. The Morgan fingerprint density at radius 1 is 1.41 bits per heavy atom. The lowest BCUT2D eigenvalue weighted by atomic mass is 10.1. The standard InChI is InChI=1S/C12H16F2N2O/c1-4-16(7(2)3)12(17)10-8(13)5-6-9(15)11(10)14/h5-7H,4,15H2,1-3H3. The molecular formula is C12H16F2N2O. The molecule has 0 bridgehead atoms. The first-order chi connectivity index (χ1) is 7.90. The number of amides is 1. The van der Waals surface area contributed by atoms with Crippen LogP contribution in [-0.4, -0.2) is 23.4 Å². The van der Waals surface area contributed by atoms with Gasteiger partial charge in [0.2, 0.25) is 0 Å². The zero-order valence-corrected chi connectivity index (χ0v) is 10.1. The Kier molecular flexibility index (Phi) is 4.04. The average molecular weight is 242 g/mol. The molecule has 2 N–H and O–H groups in total. The van der Waals surface area contributed by atoms with Crippen LogP contribution in [0.1, 0.15) is 31.1 Å². The Hall–Kier alpha value is -1.65. The number of carbonyl (C=O) groups is 1. The molecule has 94 valence electrons. The summed E-state index contributed by atoms with van der Waals surface area (Å²) in [5.41, 5.74) is 4.52. The predicted octanol–water partition coefficient (Wildman–Crippen LogP) is 2.42. The van der Waals surface area contributed by atoms with Crippen molar-refractivity contribution in [2.45, 2.75) is 26.8 Å². The largest absolute Gasteiger partial charge is 0.396 e. The Labute approximate surface area is 99.2 Å². The summed E-state index contributed by atoms with van der Waals surface area (Å²) in [5.74, 6) is -2.56. The molecule has 0 atom stereocenters. The molecule has 1 rings (SSSR count). The Morgan fingerprint density at radius 2 is 2.00 bits per heavy atom. The van der Waals surface area contributed by atoms with E-state index in [0.717, 1.165) is 12.1 Å². The molecule has 0 aliphatic heterocycles. The maximum absolute atomic E-state index is 13.7. The molecule has 0 saturated heterocycles. The maximum atomic E-state index is 13.7. The second kappa shape index (κ2) is 5.12. The predicted molar refractivity (Wildman–Crippen MR) is 62.6 cm³/mol. The van der Waals surface area contributed by atoms with Crippen molar-refractivity contribution >= 4 is 11.6 Å². The molecule has 0 fully saturated rings. The van der Waals surface area contributed by atoms with Crippen molar-refractivity contribution in [3.05, 3.63) is 29.3 Å². The summed E-state index contributed by atoms with van der Waals surface area (Å²) < 4.78 is 27.2. The molecule has 0 unspecified atom stereocenters. The van der Waals surface area contributed by atoms with Crippen molar-refractivity contribution < 1.29 is 13.6 Å². The number of benzene rings is 1. The van der Waals surface area contributed by atoms with Crippen molar-refractivity contribution in [2.75, 3.05) is 12.3 Å². The van der Waals surface area contributed by atoms with Crippen molar-refractivity contribution in [2.24, 2.45) is 0 Å². The molecule has 17 heavy (non-hydrogen) atoms. The molecule has 0 aromatic heterocycles. The van der Waals surface area contributed by atoms with E-state index in [2.05, 4.69) is 0 Å². The minimum absolute atomic E-state index is 0.132. The van der Waals surface area contributed by atoms with Crippen LogP contribution in [-0.2, 0) is 0 Å².